The lowest BCUT2D eigenvalue weighted by molar-refractivity contribution is 0.361. The standard InChI is InChI=1S/C9H7BrO/c10-6-2-1-5-3-8-9(11-8)7(5)4-6/h1-2,4,8-9H,3H2/t8-,9-/m0/s1. The zero-order valence-electron chi connectivity index (χ0n) is 5.88. The Morgan fingerprint density at radius 3 is 3.27 bits per heavy atom. The maximum Gasteiger partial charge on any atom is 0.110 e. The molecule has 1 fully saturated rings. The summed E-state index contributed by atoms with van der Waals surface area (Å²) in [5.74, 6) is 0. The van der Waals surface area contributed by atoms with Gasteiger partial charge in [0.05, 0.1) is 6.10 Å². The molecule has 11 heavy (non-hydrogen) atoms. The van der Waals surface area contributed by atoms with Crippen molar-refractivity contribution in [3.63, 3.8) is 0 Å². The summed E-state index contributed by atoms with van der Waals surface area (Å²) in [6.07, 6.45) is 2.06. The Morgan fingerprint density at radius 1 is 1.45 bits per heavy atom. The summed E-state index contributed by atoms with van der Waals surface area (Å²) in [6, 6.07) is 6.46. The fourth-order valence-corrected chi connectivity index (χ4v) is 2.18. The Bertz CT molecular complexity index is 321. The molecule has 1 aliphatic carbocycles. The number of hydrogen-bond acceptors (Lipinski definition) is 1. The fourth-order valence-electron chi connectivity index (χ4n) is 1.80. The van der Waals surface area contributed by atoms with E-state index in [0.717, 1.165) is 10.9 Å². The molecule has 3 rings (SSSR count). The average Bonchev–Trinajstić information content (AvgIpc) is 2.67. The summed E-state index contributed by atoms with van der Waals surface area (Å²) in [7, 11) is 0. The number of fused-ring (bicyclic) bond motifs is 3. The van der Waals surface area contributed by atoms with E-state index in [-0.39, 0.29) is 0 Å². The normalized spacial score (nSPS) is 31.4. The van der Waals surface area contributed by atoms with Gasteiger partial charge in [0, 0.05) is 10.9 Å². The van der Waals surface area contributed by atoms with E-state index in [1.54, 1.807) is 0 Å². The van der Waals surface area contributed by atoms with E-state index in [9.17, 15) is 0 Å². The molecule has 0 spiro atoms. The van der Waals surface area contributed by atoms with E-state index in [2.05, 4.69) is 34.1 Å². The molecule has 0 amide bonds. The maximum absolute atomic E-state index is 5.41. The first-order valence-electron chi connectivity index (χ1n) is 3.78. The predicted octanol–water partition coefficient (Wildman–Crippen LogP) is 2.45. The number of hydrogen-bond donors (Lipinski definition) is 0. The zero-order chi connectivity index (χ0) is 7.42. The number of benzene rings is 1. The summed E-state index contributed by atoms with van der Waals surface area (Å²) >= 11 is 3.46. The summed E-state index contributed by atoms with van der Waals surface area (Å²) in [6.45, 7) is 0. The summed E-state index contributed by atoms with van der Waals surface area (Å²) < 4.78 is 6.57. The van der Waals surface area contributed by atoms with Crippen LogP contribution in [0.1, 0.15) is 17.2 Å². The summed E-state index contributed by atoms with van der Waals surface area (Å²) in [4.78, 5) is 0. The first-order chi connectivity index (χ1) is 5.34. The van der Waals surface area contributed by atoms with Crippen molar-refractivity contribution in [2.24, 2.45) is 0 Å². The molecule has 0 saturated carbocycles. The molecular weight excluding hydrogens is 204 g/mol. The molecule has 1 aliphatic heterocycles. The Morgan fingerprint density at radius 2 is 2.36 bits per heavy atom. The van der Waals surface area contributed by atoms with Gasteiger partial charge in [-0.05, 0) is 23.3 Å². The molecule has 1 saturated heterocycles. The highest BCUT2D eigenvalue weighted by atomic mass is 79.9. The van der Waals surface area contributed by atoms with E-state index in [1.807, 2.05) is 0 Å². The van der Waals surface area contributed by atoms with Crippen LogP contribution in [0.25, 0.3) is 0 Å². The van der Waals surface area contributed by atoms with Gasteiger partial charge in [-0.1, -0.05) is 22.0 Å². The van der Waals surface area contributed by atoms with Gasteiger partial charge >= 0.3 is 0 Å². The quantitative estimate of drug-likeness (QED) is 0.600. The third kappa shape index (κ3) is 0.797. The maximum atomic E-state index is 5.41. The first kappa shape index (κ1) is 6.21. The molecular formula is C9H7BrO. The van der Waals surface area contributed by atoms with Gasteiger partial charge in [-0.3, -0.25) is 0 Å². The van der Waals surface area contributed by atoms with Crippen molar-refractivity contribution < 1.29 is 4.74 Å². The van der Waals surface area contributed by atoms with Crippen molar-refractivity contribution in [3.8, 4) is 0 Å². The molecule has 1 heterocycles. The second kappa shape index (κ2) is 1.87. The molecule has 0 unspecified atom stereocenters. The number of epoxide rings is 1. The molecule has 0 N–H and O–H groups in total. The van der Waals surface area contributed by atoms with Crippen molar-refractivity contribution in [2.45, 2.75) is 18.6 Å². The molecule has 0 aromatic heterocycles. The first-order valence-corrected chi connectivity index (χ1v) is 4.58. The molecule has 2 heteroatoms. The highest BCUT2D eigenvalue weighted by molar-refractivity contribution is 9.10. The molecule has 0 bridgehead atoms. The molecule has 2 atom stereocenters. The smallest absolute Gasteiger partial charge is 0.110 e. The van der Waals surface area contributed by atoms with Crippen molar-refractivity contribution in [1.82, 2.24) is 0 Å². The minimum atomic E-state index is 0.433. The minimum Gasteiger partial charge on any atom is -0.364 e. The SMILES string of the molecule is Brc1ccc2c(c1)[C@@H]1O[C@H]1C2. The van der Waals surface area contributed by atoms with E-state index >= 15 is 0 Å². The predicted molar refractivity (Wildman–Crippen MR) is 45.5 cm³/mol. The van der Waals surface area contributed by atoms with Crippen LogP contribution >= 0.6 is 15.9 Å². The van der Waals surface area contributed by atoms with Crippen LogP contribution in [0.5, 0.6) is 0 Å². The van der Waals surface area contributed by atoms with Crippen LogP contribution in [-0.4, -0.2) is 6.10 Å². The molecule has 56 valence electrons. The second-order valence-electron chi connectivity index (χ2n) is 3.14. The highest BCUT2D eigenvalue weighted by Crippen LogP contribution is 2.49. The topological polar surface area (TPSA) is 12.5 Å². The van der Waals surface area contributed by atoms with Gasteiger partial charge in [0.2, 0.25) is 0 Å². The van der Waals surface area contributed by atoms with Crippen molar-refractivity contribution in [2.75, 3.05) is 0 Å². The summed E-state index contributed by atoms with van der Waals surface area (Å²) in [5.41, 5.74) is 2.86. The Labute approximate surface area is 73.5 Å². The van der Waals surface area contributed by atoms with Crippen LogP contribution in [0.15, 0.2) is 22.7 Å². The lowest BCUT2D eigenvalue weighted by Crippen LogP contribution is -1.87. The second-order valence-corrected chi connectivity index (χ2v) is 4.06. The fraction of sp³-hybridized carbons (Fsp3) is 0.333. The van der Waals surface area contributed by atoms with Crippen molar-refractivity contribution in [3.05, 3.63) is 33.8 Å². The number of ether oxygens (including phenoxy) is 1. The molecule has 1 nitrogen and oxygen atoms in total. The van der Waals surface area contributed by atoms with Gasteiger partial charge in [-0.25, -0.2) is 0 Å². The van der Waals surface area contributed by atoms with Gasteiger partial charge in [0.15, 0.2) is 0 Å². The number of halogens is 1. The minimum absolute atomic E-state index is 0.433. The van der Waals surface area contributed by atoms with Crippen LogP contribution in [-0.2, 0) is 11.2 Å². The lowest BCUT2D eigenvalue weighted by Gasteiger charge is -2.00. The largest absolute Gasteiger partial charge is 0.364 e. The van der Waals surface area contributed by atoms with Crippen LogP contribution in [0, 0.1) is 0 Å². The van der Waals surface area contributed by atoms with Crippen molar-refractivity contribution in [1.29, 1.82) is 0 Å². The van der Waals surface area contributed by atoms with E-state index in [4.69, 9.17) is 4.74 Å². The van der Waals surface area contributed by atoms with Crippen LogP contribution in [0.2, 0.25) is 0 Å². The molecule has 1 aromatic carbocycles. The molecule has 0 radical (unpaired) electrons. The van der Waals surface area contributed by atoms with E-state index in [0.29, 0.717) is 12.2 Å². The summed E-state index contributed by atoms with van der Waals surface area (Å²) in [5, 5.41) is 0. The Hall–Kier alpha value is -0.340. The molecule has 2 aliphatic rings. The third-order valence-corrected chi connectivity index (χ3v) is 2.91. The van der Waals surface area contributed by atoms with Crippen LogP contribution < -0.4 is 0 Å². The van der Waals surface area contributed by atoms with Crippen molar-refractivity contribution >= 4 is 15.9 Å². The van der Waals surface area contributed by atoms with Gasteiger partial charge in [-0.15, -0.1) is 0 Å². The Kier molecular flexibility index (Phi) is 1.06. The number of rotatable bonds is 0. The van der Waals surface area contributed by atoms with Gasteiger partial charge < -0.3 is 4.74 Å². The van der Waals surface area contributed by atoms with Crippen LogP contribution in [0.3, 0.4) is 0 Å². The van der Waals surface area contributed by atoms with E-state index in [1.165, 1.54) is 11.1 Å². The third-order valence-electron chi connectivity index (χ3n) is 2.42. The monoisotopic (exact) mass is 210 g/mol. The lowest BCUT2D eigenvalue weighted by atomic mass is 10.1. The van der Waals surface area contributed by atoms with E-state index < -0.39 is 0 Å². The zero-order valence-corrected chi connectivity index (χ0v) is 7.47. The Balaban J connectivity index is 2.20. The van der Waals surface area contributed by atoms with Gasteiger partial charge in [0.1, 0.15) is 6.10 Å². The highest BCUT2D eigenvalue weighted by Gasteiger charge is 2.46. The van der Waals surface area contributed by atoms with Gasteiger partial charge in [0.25, 0.3) is 0 Å². The molecule has 1 aromatic rings. The average molecular weight is 211 g/mol. The van der Waals surface area contributed by atoms with Crippen LogP contribution in [0.4, 0.5) is 0 Å². The van der Waals surface area contributed by atoms with Gasteiger partial charge in [-0.2, -0.15) is 0 Å².